The quantitative estimate of drug-likeness (QED) is 0.476. The molecule has 3 rings (SSSR count). The van der Waals surface area contributed by atoms with Crippen LogP contribution in [0.4, 0.5) is 23.1 Å². The Bertz CT molecular complexity index is 1010. The Kier molecular flexibility index (Phi) is 7.00. The van der Waals surface area contributed by atoms with E-state index in [1.165, 1.54) is 6.08 Å². The van der Waals surface area contributed by atoms with E-state index in [0.717, 1.165) is 29.2 Å². The van der Waals surface area contributed by atoms with Crippen molar-refractivity contribution < 1.29 is 9.53 Å². The molecule has 3 aromatic rings. The number of carbonyl (C=O) groups excluding carboxylic acids is 1. The van der Waals surface area contributed by atoms with Crippen molar-refractivity contribution in [1.82, 2.24) is 9.97 Å². The number of aryl methyl sites for hydroxylation is 1. The molecule has 0 atom stereocenters. The number of nitrogens with zero attached hydrogens (tertiary/aromatic N) is 2. The van der Waals surface area contributed by atoms with Gasteiger partial charge in [-0.15, -0.1) is 0 Å². The highest BCUT2D eigenvalue weighted by atomic mass is 16.5. The molecule has 0 aliphatic rings. The van der Waals surface area contributed by atoms with Gasteiger partial charge < -0.3 is 20.7 Å². The van der Waals surface area contributed by atoms with Crippen LogP contribution < -0.4 is 20.7 Å². The summed E-state index contributed by atoms with van der Waals surface area (Å²) in [7, 11) is 1.62. The van der Waals surface area contributed by atoms with Gasteiger partial charge in [-0.25, -0.2) is 4.98 Å². The Morgan fingerprint density at radius 2 is 1.73 bits per heavy atom. The zero-order valence-corrected chi connectivity index (χ0v) is 17.3. The van der Waals surface area contributed by atoms with E-state index in [1.54, 1.807) is 13.2 Å². The molecule has 1 amide bonds. The molecule has 2 aromatic carbocycles. The summed E-state index contributed by atoms with van der Waals surface area (Å²) in [6, 6.07) is 16.8. The van der Waals surface area contributed by atoms with E-state index < -0.39 is 0 Å². The van der Waals surface area contributed by atoms with E-state index in [2.05, 4.69) is 25.9 Å². The molecule has 30 heavy (non-hydrogen) atoms. The first-order valence-electron chi connectivity index (χ1n) is 9.65. The van der Waals surface area contributed by atoms with Crippen molar-refractivity contribution in [2.24, 2.45) is 0 Å². The van der Waals surface area contributed by atoms with Gasteiger partial charge in [0.2, 0.25) is 11.9 Å². The van der Waals surface area contributed by atoms with Crippen molar-refractivity contribution in [3.63, 3.8) is 0 Å². The molecule has 0 spiro atoms. The first kappa shape index (κ1) is 20.9. The molecule has 0 aliphatic carbocycles. The summed E-state index contributed by atoms with van der Waals surface area (Å²) in [5.74, 6) is 1.87. The van der Waals surface area contributed by atoms with Gasteiger partial charge in [-0.1, -0.05) is 12.1 Å². The van der Waals surface area contributed by atoms with E-state index in [-0.39, 0.29) is 5.91 Å². The minimum absolute atomic E-state index is 0.201. The van der Waals surface area contributed by atoms with Gasteiger partial charge in [0.05, 0.1) is 7.11 Å². The van der Waals surface area contributed by atoms with Crippen LogP contribution in [0.3, 0.4) is 0 Å². The molecule has 0 saturated heterocycles. The lowest BCUT2D eigenvalue weighted by Gasteiger charge is -2.10. The summed E-state index contributed by atoms with van der Waals surface area (Å²) < 4.78 is 5.12. The lowest BCUT2D eigenvalue weighted by Crippen LogP contribution is -2.08. The third-order valence-corrected chi connectivity index (χ3v) is 4.16. The minimum atomic E-state index is -0.201. The van der Waals surface area contributed by atoms with Gasteiger partial charge in [0, 0.05) is 35.8 Å². The normalized spacial score (nSPS) is 10.6. The van der Waals surface area contributed by atoms with Crippen LogP contribution >= 0.6 is 0 Å². The molecule has 3 N–H and O–H groups in total. The average molecular weight is 403 g/mol. The predicted molar refractivity (Wildman–Crippen MR) is 121 cm³/mol. The third-order valence-electron chi connectivity index (χ3n) is 4.16. The molecule has 0 radical (unpaired) electrons. The van der Waals surface area contributed by atoms with Gasteiger partial charge in [0.25, 0.3) is 0 Å². The highest BCUT2D eigenvalue weighted by Gasteiger charge is 2.03. The summed E-state index contributed by atoms with van der Waals surface area (Å²) >= 11 is 0. The summed E-state index contributed by atoms with van der Waals surface area (Å²) in [4.78, 5) is 20.9. The van der Waals surface area contributed by atoms with Gasteiger partial charge in [0.15, 0.2) is 0 Å². The molecule has 1 heterocycles. The molecule has 0 bridgehead atoms. The molecule has 7 nitrogen and oxygen atoms in total. The Labute approximate surface area is 176 Å². The molecule has 7 heteroatoms. The fraction of sp³-hybridized carbons (Fsp3) is 0.174. The fourth-order valence-corrected chi connectivity index (χ4v) is 2.73. The van der Waals surface area contributed by atoms with E-state index in [4.69, 9.17) is 4.74 Å². The second kappa shape index (κ2) is 10.1. The highest BCUT2D eigenvalue weighted by Crippen LogP contribution is 2.19. The molecule has 0 unspecified atom stereocenters. The number of aromatic nitrogens is 2. The van der Waals surface area contributed by atoms with Crippen molar-refractivity contribution in [3.05, 3.63) is 71.9 Å². The molecule has 154 valence electrons. The maximum atomic E-state index is 12.2. The van der Waals surface area contributed by atoms with Crippen LogP contribution in [-0.4, -0.2) is 29.5 Å². The first-order valence-corrected chi connectivity index (χ1v) is 9.65. The Morgan fingerprint density at radius 1 is 1.03 bits per heavy atom. The summed E-state index contributed by atoms with van der Waals surface area (Å²) in [5, 5.41) is 9.21. The largest absolute Gasteiger partial charge is 0.497 e. The van der Waals surface area contributed by atoms with E-state index in [0.29, 0.717) is 17.5 Å². The number of carbonyl (C=O) groups is 1. The summed E-state index contributed by atoms with van der Waals surface area (Å²) in [6.45, 7) is 4.67. The number of hydrogen-bond donors (Lipinski definition) is 3. The molecule has 0 aliphatic heterocycles. The summed E-state index contributed by atoms with van der Waals surface area (Å²) in [5.41, 5.74) is 3.36. The maximum absolute atomic E-state index is 12.2. The molecule has 0 fully saturated rings. The molecule has 1 aromatic heterocycles. The Hall–Kier alpha value is -3.87. The number of nitrogens with one attached hydrogen (secondary N) is 3. The second-order valence-electron chi connectivity index (χ2n) is 6.55. The third kappa shape index (κ3) is 6.07. The van der Waals surface area contributed by atoms with Crippen molar-refractivity contribution in [3.8, 4) is 5.75 Å². The van der Waals surface area contributed by atoms with Crippen LogP contribution in [0.5, 0.6) is 5.75 Å². The van der Waals surface area contributed by atoms with E-state index >= 15 is 0 Å². The number of anilines is 4. The standard InChI is InChI=1S/C23H25N5O2/c1-4-24-23-25-16(2)15-21(28-23)26-18-8-10-19(11-9-18)27-22(29)14-7-17-5-12-20(30-3)13-6-17/h5-15H,4H2,1-3H3,(H,27,29)(H2,24,25,26,28)/b14-7+. The second-order valence-corrected chi connectivity index (χ2v) is 6.55. The van der Waals surface area contributed by atoms with Gasteiger partial charge in [-0.2, -0.15) is 4.98 Å². The van der Waals surface area contributed by atoms with Crippen LogP contribution in [0.2, 0.25) is 0 Å². The van der Waals surface area contributed by atoms with E-state index in [9.17, 15) is 4.79 Å². The number of hydrogen-bond acceptors (Lipinski definition) is 6. The van der Waals surface area contributed by atoms with Crippen LogP contribution in [0.25, 0.3) is 6.08 Å². The number of amides is 1. The van der Waals surface area contributed by atoms with Crippen LogP contribution in [0, 0.1) is 6.92 Å². The van der Waals surface area contributed by atoms with Gasteiger partial charge in [-0.3, -0.25) is 4.79 Å². The summed E-state index contributed by atoms with van der Waals surface area (Å²) in [6.07, 6.45) is 3.25. The lowest BCUT2D eigenvalue weighted by molar-refractivity contribution is -0.111. The van der Waals surface area contributed by atoms with E-state index in [1.807, 2.05) is 68.4 Å². The first-order chi connectivity index (χ1) is 14.6. The van der Waals surface area contributed by atoms with Crippen molar-refractivity contribution in [2.45, 2.75) is 13.8 Å². The minimum Gasteiger partial charge on any atom is -0.497 e. The predicted octanol–water partition coefficient (Wildman–Crippen LogP) is 4.62. The zero-order valence-electron chi connectivity index (χ0n) is 17.3. The number of benzene rings is 2. The number of ether oxygens (including phenoxy) is 1. The van der Waals surface area contributed by atoms with Gasteiger partial charge in [-0.05, 0) is 61.9 Å². The Balaban J connectivity index is 1.58. The van der Waals surface area contributed by atoms with Crippen LogP contribution in [0.1, 0.15) is 18.2 Å². The van der Waals surface area contributed by atoms with Crippen LogP contribution in [-0.2, 0) is 4.79 Å². The number of rotatable bonds is 8. The average Bonchev–Trinajstić information content (AvgIpc) is 2.74. The maximum Gasteiger partial charge on any atom is 0.248 e. The fourth-order valence-electron chi connectivity index (χ4n) is 2.73. The van der Waals surface area contributed by atoms with Crippen molar-refractivity contribution >= 4 is 35.1 Å². The molecular weight excluding hydrogens is 378 g/mol. The zero-order chi connectivity index (χ0) is 21.3. The SMILES string of the molecule is CCNc1nc(C)cc(Nc2ccc(NC(=O)/C=C/c3ccc(OC)cc3)cc2)n1. The smallest absolute Gasteiger partial charge is 0.248 e. The van der Waals surface area contributed by atoms with Crippen molar-refractivity contribution in [2.75, 3.05) is 29.6 Å². The topological polar surface area (TPSA) is 88.2 Å². The van der Waals surface area contributed by atoms with Crippen LogP contribution in [0.15, 0.2) is 60.7 Å². The lowest BCUT2D eigenvalue weighted by atomic mass is 10.2. The number of methoxy groups -OCH3 is 1. The van der Waals surface area contributed by atoms with Gasteiger partial charge >= 0.3 is 0 Å². The highest BCUT2D eigenvalue weighted by molar-refractivity contribution is 6.02. The molecular formula is C23H25N5O2. The monoisotopic (exact) mass is 403 g/mol. The van der Waals surface area contributed by atoms with Gasteiger partial charge in [0.1, 0.15) is 11.6 Å². The molecule has 0 saturated carbocycles. The van der Waals surface area contributed by atoms with Crippen molar-refractivity contribution in [1.29, 1.82) is 0 Å². The Morgan fingerprint density at radius 3 is 2.40 bits per heavy atom.